The smallest absolute Gasteiger partial charge is 0.316 e. The number of carboxylic acid groups (broad SMARTS) is 1. The van der Waals surface area contributed by atoms with Crippen molar-refractivity contribution < 1.29 is 9.90 Å². The van der Waals surface area contributed by atoms with Gasteiger partial charge in [0, 0.05) is 21.5 Å². The van der Waals surface area contributed by atoms with E-state index in [1.165, 1.54) is 11.8 Å². The summed E-state index contributed by atoms with van der Waals surface area (Å²) < 4.78 is 0. The van der Waals surface area contributed by atoms with Crippen molar-refractivity contribution in [2.24, 2.45) is 0 Å². The fourth-order valence-corrected chi connectivity index (χ4v) is 2.84. The first-order chi connectivity index (χ1) is 8.61. The zero-order chi connectivity index (χ0) is 13.1. The van der Waals surface area contributed by atoms with Crippen molar-refractivity contribution in [1.29, 1.82) is 0 Å². The third kappa shape index (κ3) is 2.76. The number of carboxylic acids is 1. The Morgan fingerprint density at radius 2 is 2.28 bits per heavy atom. The summed E-state index contributed by atoms with van der Waals surface area (Å²) in [6, 6.07) is 7.29. The maximum atomic E-state index is 11.1. The van der Waals surface area contributed by atoms with Crippen molar-refractivity contribution in [2.45, 2.75) is 23.5 Å². The first kappa shape index (κ1) is 13.2. The monoisotopic (exact) mass is 281 g/mol. The van der Waals surface area contributed by atoms with E-state index in [2.05, 4.69) is 4.98 Å². The van der Waals surface area contributed by atoms with Crippen LogP contribution in [0.25, 0.3) is 10.9 Å². The molecule has 0 bridgehead atoms. The van der Waals surface area contributed by atoms with E-state index in [1.807, 2.05) is 19.1 Å². The van der Waals surface area contributed by atoms with Crippen LogP contribution in [0.5, 0.6) is 0 Å². The van der Waals surface area contributed by atoms with E-state index >= 15 is 0 Å². The van der Waals surface area contributed by atoms with Crippen LogP contribution in [0.4, 0.5) is 0 Å². The van der Waals surface area contributed by atoms with Crippen LogP contribution in [-0.4, -0.2) is 21.3 Å². The molecule has 0 aliphatic heterocycles. The molecule has 94 valence electrons. The van der Waals surface area contributed by atoms with Crippen LogP contribution < -0.4 is 0 Å². The summed E-state index contributed by atoms with van der Waals surface area (Å²) in [5.41, 5.74) is 0.785. The van der Waals surface area contributed by atoms with Gasteiger partial charge >= 0.3 is 5.97 Å². The molecule has 0 saturated carbocycles. The number of benzene rings is 1. The van der Waals surface area contributed by atoms with Crippen LogP contribution in [0.15, 0.2) is 35.4 Å². The first-order valence-corrected chi connectivity index (χ1v) is 6.81. The van der Waals surface area contributed by atoms with Crippen molar-refractivity contribution in [1.82, 2.24) is 4.98 Å². The number of aliphatic carboxylic acids is 1. The highest BCUT2D eigenvalue weighted by molar-refractivity contribution is 8.00. The lowest BCUT2D eigenvalue weighted by atomic mass is 10.2. The molecule has 1 atom stereocenters. The van der Waals surface area contributed by atoms with Crippen molar-refractivity contribution in [3.63, 3.8) is 0 Å². The van der Waals surface area contributed by atoms with Gasteiger partial charge in [0.15, 0.2) is 0 Å². The number of halogens is 1. The Morgan fingerprint density at radius 1 is 1.50 bits per heavy atom. The number of aromatic nitrogens is 1. The highest BCUT2D eigenvalue weighted by Gasteiger charge is 2.17. The van der Waals surface area contributed by atoms with E-state index in [4.69, 9.17) is 16.7 Å². The topological polar surface area (TPSA) is 50.2 Å². The Hall–Kier alpha value is -1.26. The summed E-state index contributed by atoms with van der Waals surface area (Å²) in [7, 11) is 0. The van der Waals surface area contributed by atoms with Gasteiger partial charge in [-0.3, -0.25) is 9.78 Å². The summed E-state index contributed by atoms with van der Waals surface area (Å²) in [6.07, 6.45) is 2.26. The molecule has 1 unspecified atom stereocenters. The van der Waals surface area contributed by atoms with E-state index in [9.17, 15) is 4.79 Å². The molecule has 0 radical (unpaired) electrons. The van der Waals surface area contributed by atoms with Gasteiger partial charge < -0.3 is 5.11 Å². The number of hydrogen-bond acceptors (Lipinski definition) is 3. The van der Waals surface area contributed by atoms with Crippen LogP contribution in [0.3, 0.4) is 0 Å². The molecule has 18 heavy (non-hydrogen) atoms. The van der Waals surface area contributed by atoms with Gasteiger partial charge in [0.05, 0.1) is 5.52 Å². The molecule has 0 fully saturated rings. The normalized spacial score (nSPS) is 12.6. The highest BCUT2D eigenvalue weighted by atomic mass is 35.5. The maximum Gasteiger partial charge on any atom is 0.316 e. The van der Waals surface area contributed by atoms with Gasteiger partial charge in [0.2, 0.25) is 0 Å². The lowest BCUT2D eigenvalue weighted by Gasteiger charge is -2.11. The predicted octanol–water partition coefficient (Wildman–Crippen LogP) is 3.84. The fraction of sp³-hybridized carbons (Fsp3) is 0.231. The molecule has 1 aromatic carbocycles. The van der Waals surface area contributed by atoms with E-state index in [0.717, 1.165) is 15.8 Å². The van der Waals surface area contributed by atoms with Gasteiger partial charge in [0.1, 0.15) is 5.25 Å². The van der Waals surface area contributed by atoms with E-state index in [1.54, 1.807) is 18.3 Å². The summed E-state index contributed by atoms with van der Waals surface area (Å²) in [5.74, 6) is -0.790. The largest absolute Gasteiger partial charge is 0.480 e. The van der Waals surface area contributed by atoms with Crippen LogP contribution in [0, 0.1) is 0 Å². The Morgan fingerprint density at radius 3 is 2.94 bits per heavy atom. The molecule has 0 spiro atoms. The zero-order valence-electron chi connectivity index (χ0n) is 9.76. The number of rotatable bonds is 4. The minimum atomic E-state index is -0.790. The van der Waals surface area contributed by atoms with Gasteiger partial charge in [-0.15, -0.1) is 11.8 Å². The molecule has 2 rings (SSSR count). The van der Waals surface area contributed by atoms with Gasteiger partial charge in [-0.2, -0.15) is 0 Å². The Kier molecular flexibility index (Phi) is 4.09. The van der Waals surface area contributed by atoms with Gasteiger partial charge in [-0.05, 0) is 24.6 Å². The lowest BCUT2D eigenvalue weighted by molar-refractivity contribution is -0.136. The standard InChI is InChI=1S/C13H12ClNO2S/c1-2-11(13(16)17)18-12-5-6-15-10-7-8(14)3-4-9(10)12/h3-7,11H,2H2,1H3,(H,16,17). The second-order valence-corrected chi connectivity index (χ2v) is 5.50. The number of carbonyl (C=O) groups is 1. The molecular formula is C13H12ClNO2S. The van der Waals surface area contributed by atoms with Crippen molar-refractivity contribution in [2.75, 3.05) is 0 Å². The molecule has 0 aliphatic rings. The van der Waals surface area contributed by atoms with E-state index in [0.29, 0.717) is 11.4 Å². The number of nitrogens with zero attached hydrogens (tertiary/aromatic N) is 1. The molecular weight excluding hydrogens is 270 g/mol. The molecule has 0 aliphatic carbocycles. The van der Waals surface area contributed by atoms with Gasteiger partial charge in [0.25, 0.3) is 0 Å². The van der Waals surface area contributed by atoms with Crippen LogP contribution in [-0.2, 0) is 4.79 Å². The number of hydrogen-bond donors (Lipinski definition) is 1. The Balaban J connectivity index is 2.42. The van der Waals surface area contributed by atoms with E-state index < -0.39 is 11.2 Å². The Labute approximate surface area is 114 Å². The number of fused-ring (bicyclic) bond motifs is 1. The summed E-state index contributed by atoms with van der Waals surface area (Å²) in [5, 5.41) is 10.2. The summed E-state index contributed by atoms with van der Waals surface area (Å²) in [4.78, 5) is 16.2. The lowest BCUT2D eigenvalue weighted by Crippen LogP contribution is -2.14. The second-order valence-electron chi connectivity index (χ2n) is 3.82. The van der Waals surface area contributed by atoms with Gasteiger partial charge in [-0.1, -0.05) is 24.6 Å². The van der Waals surface area contributed by atoms with Crippen LogP contribution in [0.2, 0.25) is 5.02 Å². The minimum Gasteiger partial charge on any atom is -0.480 e. The molecule has 1 aromatic heterocycles. The predicted molar refractivity (Wildman–Crippen MR) is 74.3 cm³/mol. The second kappa shape index (κ2) is 5.59. The van der Waals surface area contributed by atoms with Crippen molar-refractivity contribution in [3.8, 4) is 0 Å². The number of thioether (sulfide) groups is 1. The molecule has 1 heterocycles. The number of pyridine rings is 1. The zero-order valence-corrected chi connectivity index (χ0v) is 11.3. The third-order valence-corrected chi connectivity index (χ3v) is 4.24. The van der Waals surface area contributed by atoms with Crippen molar-refractivity contribution >= 4 is 40.2 Å². The average Bonchev–Trinajstić information content (AvgIpc) is 2.35. The first-order valence-electron chi connectivity index (χ1n) is 5.55. The third-order valence-electron chi connectivity index (χ3n) is 2.58. The summed E-state index contributed by atoms with van der Waals surface area (Å²) >= 11 is 7.26. The van der Waals surface area contributed by atoms with Gasteiger partial charge in [-0.25, -0.2) is 0 Å². The van der Waals surface area contributed by atoms with E-state index in [-0.39, 0.29) is 0 Å². The Bertz CT molecular complexity index is 588. The van der Waals surface area contributed by atoms with Crippen LogP contribution in [0.1, 0.15) is 13.3 Å². The maximum absolute atomic E-state index is 11.1. The molecule has 5 heteroatoms. The molecule has 2 aromatic rings. The minimum absolute atomic E-state index is 0.439. The average molecular weight is 282 g/mol. The molecule has 0 amide bonds. The highest BCUT2D eigenvalue weighted by Crippen LogP contribution is 2.32. The van der Waals surface area contributed by atoms with Crippen LogP contribution >= 0.6 is 23.4 Å². The fourth-order valence-electron chi connectivity index (χ4n) is 1.66. The molecule has 3 nitrogen and oxygen atoms in total. The summed E-state index contributed by atoms with van der Waals surface area (Å²) in [6.45, 7) is 1.87. The van der Waals surface area contributed by atoms with Crippen molar-refractivity contribution in [3.05, 3.63) is 35.5 Å². The quantitative estimate of drug-likeness (QED) is 0.865. The molecule has 0 saturated heterocycles. The SMILES string of the molecule is CCC(Sc1ccnc2cc(Cl)ccc12)C(=O)O. The molecule has 1 N–H and O–H groups in total.